The lowest BCUT2D eigenvalue weighted by molar-refractivity contribution is -0.136. The zero-order chi connectivity index (χ0) is 16.0. The van der Waals surface area contributed by atoms with Gasteiger partial charge in [-0.1, -0.05) is 12.8 Å². The third kappa shape index (κ3) is 2.65. The van der Waals surface area contributed by atoms with E-state index in [-0.39, 0.29) is 17.9 Å². The molecule has 7 heteroatoms. The van der Waals surface area contributed by atoms with E-state index in [0.29, 0.717) is 13.0 Å². The van der Waals surface area contributed by atoms with Crippen LogP contribution in [0.1, 0.15) is 49.8 Å². The molecule has 0 unspecified atom stereocenters. The summed E-state index contributed by atoms with van der Waals surface area (Å²) in [4.78, 5) is 17.0. The van der Waals surface area contributed by atoms with Gasteiger partial charge in [-0.3, -0.25) is 9.69 Å². The molecule has 7 nitrogen and oxygen atoms in total. The molecule has 2 aliphatic heterocycles. The number of fused-ring (bicyclic) bond motifs is 1. The van der Waals surface area contributed by atoms with Crippen molar-refractivity contribution in [1.29, 1.82) is 0 Å². The Balaban J connectivity index is 1.60. The van der Waals surface area contributed by atoms with Gasteiger partial charge in [-0.05, 0) is 19.9 Å². The summed E-state index contributed by atoms with van der Waals surface area (Å²) in [5.74, 6) is 2.16. The van der Waals surface area contributed by atoms with Gasteiger partial charge in [0.25, 0.3) is 0 Å². The number of rotatable bonds is 2. The zero-order valence-electron chi connectivity index (χ0n) is 13.7. The largest absolute Gasteiger partial charge is 0.391 e. The van der Waals surface area contributed by atoms with Crippen molar-refractivity contribution >= 4 is 5.91 Å². The number of nitrogens with zero attached hydrogens (tertiary/aromatic N) is 5. The van der Waals surface area contributed by atoms with E-state index in [4.69, 9.17) is 0 Å². The minimum atomic E-state index is -0.454. The highest BCUT2D eigenvalue weighted by Gasteiger charge is 2.41. The lowest BCUT2D eigenvalue weighted by Gasteiger charge is -2.29. The SMILES string of the molecule is CN1CCn2c(nnc2[C@@H]2C[C@H](O)CN2C(=O)C2CCCC2)C1. The van der Waals surface area contributed by atoms with E-state index in [2.05, 4.69) is 26.7 Å². The first kappa shape index (κ1) is 15.1. The molecule has 3 heterocycles. The molecule has 1 aromatic rings. The van der Waals surface area contributed by atoms with E-state index in [9.17, 15) is 9.90 Å². The fraction of sp³-hybridized carbons (Fsp3) is 0.812. The van der Waals surface area contributed by atoms with Crippen LogP contribution >= 0.6 is 0 Å². The van der Waals surface area contributed by atoms with Crippen LogP contribution in [0.4, 0.5) is 0 Å². The second-order valence-electron chi connectivity index (χ2n) is 7.24. The van der Waals surface area contributed by atoms with Gasteiger partial charge in [0.2, 0.25) is 5.91 Å². The van der Waals surface area contributed by atoms with Crippen molar-refractivity contribution in [2.45, 2.75) is 57.3 Å². The van der Waals surface area contributed by atoms with Crippen LogP contribution < -0.4 is 0 Å². The molecule has 0 radical (unpaired) electrons. The number of aliphatic hydroxyl groups is 1. The highest BCUT2D eigenvalue weighted by molar-refractivity contribution is 5.79. The lowest BCUT2D eigenvalue weighted by atomic mass is 10.1. The van der Waals surface area contributed by atoms with Gasteiger partial charge in [-0.25, -0.2) is 0 Å². The molecule has 1 saturated heterocycles. The van der Waals surface area contributed by atoms with Crippen LogP contribution in [0.5, 0.6) is 0 Å². The average Bonchev–Trinajstić information content (AvgIpc) is 3.24. The molecule has 23 heavy (non-hydrogen) atoms. The molecular formula is C16H25N5O2. The fourth-order valence-corrected chi connectivity index (χ4v) is 4.26. The lowest BCUT2D eigenvalue weighted by Crippen LogP contribution is -2.38. The summed E-state index contributed by atoms with van der Waals surface area (Å²) in [6, 6.07) is -0.122. The predicted octanol–water partition coefficient (Wildman–Crippen LogP) is 0.548. The number of hydrogen-bond donors (Lipinski definition) is 1. The molecule has 0 spiro atoms. The quantitative estimate of drug-likeness (QED) is 0.861. The van der Waals surface area contributed by atoms with Crippen molar-refractivity contribution in [3.63, 3.8) is 0 Å². The smallest absolute Gasteiger partial charge is 0.226 e. The maximum atomic E-state index is 12.9. The first-order valence-electron chi connectivity index (χ1n) is 8.72. The van der Waals surface area contributed by atoms with Crippen LogP contribution in [-0.4, -0.2) is 61.8 Å². The summed E-state index contributed by atoms with van der Waals surface area (Å²) in [6.07, 6.45) is 4.38. The Hall–Kier alpha value is -1.47. The number of likely N-dealkylation sites (N-methyl/N-ethyl adjacent to an activating group) is 1. The first-order valence-corrected chi connectivity index (χ1v) is 8.72. The highest BCUT2D eigenvalue weighted by Crippen LogP contribution is 2.36. The molecule has 0 bridgehead atoms. The van der Waals surface area contributed by atoms with E-state index >= 15 is 0 Å². The van der Waals surface area contributed by atoms with Crippen LogP contribution in [0.3, 0.4) is 0 Å². The number of aromatic nitrogens is 3. The van der Waals surface area contributed by atoms with Crippen molar-refractivity contribution in [2.24, 2.45) is 5.92 Å². The topological polar surface area (TPSA) is 74.5 Å². The van der Waals surface area contributed by atoms with Crippen LogP contribution in [0.15, 0.2) is 0 Å². The van der Waals surface area contributed by atoms with E-state index in [1.807, 2.05) is 4.90 Å². The molecule has 2 atom stereocenters. The van der Waals surface area contributed by atoms with Crippen LogP contribution in [0.25, 0.3) is 0 Å². The Bertz CT molecular complexity index is 595. The van der Waals surface area contributed by atoms with E-state index in [1.54, 1.807) is 0 Å². The van der Waals surface area contributed by atoms with Gasteiger partial charge >= 0.3 is 0 Å². The highest BCUT2D eigenvalue weighted by atomic mass is 16.3. The molecule has 3 aliphatic rings. The van der Waals surface area contributed by atoms with Crippen molar-refractivity contribution in [3.05, 3.63) is 11.6 Å². The van der Waals surface area contributed by atoms with Gasteiger partial charge < -0.3 is 14.6 Å². The second kappa shape index (κ2) is 5.87. The van der Waals surface area contributed by atoms with Crippen LogP contribution in [0.2, 0.25) is 0 Å². The van der Waals surface area contributed by atoms with Crippen molar-refractivity contribution in [3.8, 4) is 0 Å². The third-order valence-electron chi connectivity index (χ3n) is 5.54. The predicted molar refractivity (Wildman–Crippen MR) is 83.4 cm³/mol. The maximum absolute atomic E-state index is 12.9. The molecule has 4 rings (SSSR count). The first-order chi connectivity index (χ1) is 11.1. The van der Waals surface area contributed by atoms with E-state index < -0.39 is 6.10 Å². The minimum Gasteiger partial charge on any atom is -0.391 e. The van der Waals surface area contributed by atoms with E-state index in [1.165, 1.54) is 0 Å². The van der Waals surface area contributed by atoms with E-state index in [0.717, 1.165) is 57.0 Å². The summed E-state index contributed by atoms with van der Waals surface area (Å²) in [5.41, 5.74) is 0. The standard InChI is InChI=1S/C16H25N5O2/c1-19-6-7-20-14(10-19)17-18-15(20)13-8-12(22)9-21(13)16(23)11-4-2-3-5-11/h11-13,22H,2-10H2,1H3/t12-,13-/m0/s1. The Kier molecular flexibility index (Phi) is 3.85. The van der Waals surface area contributed by atoms with Crippen molar-refractivity contribution in [2.75, 3.05) is 20.1 Å². The van der Waals surface area contributed by atoms with Gasteiger partial charge in [-0.15, -0.1) is 10.2 Å². The summed E-state index contributed by atoms with van der Waals surface area (Å²) >= 11 is 0. The normalized spacial score (nSPS) is 29.2. The number of carbonyl (C=O) groups is 1. The fourth-order valence-electron chi connectivity index (χ4n) is 4.26. The van der Waals surface area contributed by atoms with Gasteiger partial charge in [0.1, 0.15) is 5.82 Å². The molecule has 0 aromatic carbocycles. The van der Waals surface area contributed by atoms with Gasteiger partial charge in [0, 0.05) is 32.0 Å². The molecule has 1 amide bonds. The zero-order valence-corrected chi connectivity index (χ0v) is 13.7. The Morgan fingerprint density at radius 1 is 1.22 bits per heavy atom. The number of aliphatic hydroxyl groups excluding tert-OH is 1. The molecule has 1 aliphatic carbocycles. The molecule has 2 fully saturated rings. The molecular weight excluding hydrogens is 294 g/mol. The average molecular weight is 319 g/mol. The van der Waals surface area contributed by atoms with Gasteiger partial charge in [0.15, 0.2) is 5.82 Å². The summed E-state index contributed by atoms with van der Waals surface area (Å²) < 4.78 is 2.15. The Labute approximate surface area is 136 Å². The molecule has 1 saturated carbocycles. The second-order valence-corrected chi connectivity index (χ2v) is 7.24. The molecule has 126 valence electrons. The number of hydrogen-bond acceptors (Lipinski definition) is 5. The Morgan fingerprint density at radius 3 is 2.78 bits per heavy atom. The number of amides is 1. The summed E-state index contributed by atoms with van der Waals surface area (Å²) in [6.45, 7) is 3.04. The van der Waals surface area contributed by atoms with Crippen LogP contribution in [-0.2, 0) is 17.9 Å². The maximum Gasteiger partial charge on any atom is 0.226 e. The number of β-amino-alcohol motifs (C(OH)–C–C–N with tert-alkyl or cyclic N) is 1. The molecule has 1 aromatic heterocycles. The minimum absolute atomic E-state index is 0.122. The number of carbonyl (C=O) groups excluding carboxylic acids is 1. The summed E-state index contributed by atoms with van der Waals surface area (Å²) in [5, 5.41) is 18.9. The van der Waals surface area contributed by atoms with Crippen molar-refractivity contribution < 1.29 is 9.90 Å². The molecule has 1 N–H and O–H groups in total. The third-order valence-corrected chi connectivity index (χ3v) is 5.54. The van der Waals surface area contributed by atoms with Gasteiger partial charge in [0.05, 0.1) is 18.7 Å². The van der Waals surface area contributed by atoms with Crippen LogP contribution in [0, 0.1) is 5.92 Å². The summed E-state index contributed by atoms with van der Waals surface area (Å²) in [7, 11) is 2.08. The monoisotopic (exact) mass is 319 g/mol. The van der Waals surface area contributed by atoms with Gasteiger partial charge in [-0.2, -0.15) is 0 Å². The number of likely N-dealkylation sites (tertiary alicyclic amines) is 1. The Morgan fingerprint density at radius 2 is 2.00 bits per heavy atom. The van der Waals surface area contributed by atoms with Crippen molar-refractivity contribution in [1.82, 2.24) is 24.6 Å².